The Hall–Kier alpha value is -2.11. The quantitative estimate of drug-likeness (QED) is 0.346. The molecule has 1 aliphatic rings. The monoisotopic (exact) mass is 237 g/mol. The topological polar surface area (TPSA) is 78.9 Å². The van der Waals surface area contributed by atoms with E-state index in [9.17, 15) is 9.18 Å². The molecule has 90 valence electrons. The number of carbonyl (C=O) groups is 1. The third kappa shape index (κ3) is 2.20. The van der Waals surface area contributed by atoms with E-state index in [2.05, 4.69) is 5.16 Å². The minimum Gasteiger partial charge on any atom is -0.409 e. The summed E-state index contributed by atoms with van der Waals surface area (Å²) >= 11 is 0. The summed E-state index contributed by atoms with van der Waals surface area (Å²) in [5, 5.41) is 11.1. The maximum atomic E-state index is 13.1. The Kier molecular flexibility index (Phi) is 2.95. The zero-order valence-electron chi connectivity index (χ0n) is 9.06. The van der Waals surface area contributed by atoms with Gasteiger partial charge in [0.05, 0.1) is 6.42 Å². The molecule has 0 atom stereocenters. The lowest BCUT2D eigenvalue weighted by Gasteiger charge is -2.16. The van der Waals surface area contributed by atoms with Crippen molar-refractivity contribution >= 4 is 17.4 Å². The van der Waals surface area contributed by atoms with Gasteiger partial charge in [0, 0.05) is 12.2 Å². The van der Waals surface area contributed by atoms with Gasteiger partial charge in [-0.15, -0.1) is 0 Å². The van der Waals surface area contributed by atoms with Crippen molar-refractivity contribution in [3.8, 4) is 0 Å². The van der Waals surface area contributed by atoms with E-state index >= 15 is 0 Å². The van der Waals surface area contributed by atoms with E-state index in [1.54, 1.807) is 6.07 Å². The number of hydrogen-bond acceptors (Lipinski definition) is 3. The van der Waals surface area contributed by atoms with Crippen LogP contribution in [0.15, 0.2) is 23.4 Å². The number of fused-ring (bicyclic) bond motifs is 1. The fraction of sp³-hybridized carbons (Fsp3) is 0.273. The standard InChI is InChI=1S/C11H12FN3O2/c12-8-2-1-7-3-4-15(9(7)5-8)11(16)6-10(13)14-17/h1-2,5,17H,3-4,6H2,(H2,13,14). The molecule has 0 radical (unpaired) electrons. The van der Waals surface area contributed by atoms with Crippen LogP contribution >= 0.6 is 0 Å². The lowest BCUT2D eigenvalue weighted by atomic mass is 10.1. The lowest BCUT2D eigenvalue weighted by Crippen LogP contribution is -2.32. The zero-order chi connectivity index (χ0) is 12.4. The number of benzene rings is 1. The van der Waals surface area contributed by atoms with Gasteiger partial charge in [0.2, 0.25) is 5.91 Å². The first-order chi connectivity index (χ1) is 8.11. The van der Waals surface area contributed by atoms with Crippen molar-refractivity contribution in [1.29, 1.82) is 0 Å². The van der Waals surface area contributed by atoms with Gasteiger partial charge in [-0.25, -0.2) is 4.39 Å². The number of rotatable bonds is 2. The molecule has 0 aromatic heterocycles. The smallest absolute Gasteiger partial charge is 0.234 e. The molecule has 0 unspecified atom stereocenters. The number of nitrogens with zero attached hydrogens (tertiary/aromatic N) is 2. The minimum absolute atomic E-state index is 0.153. The average Bonchev–Trinajstić information content (AvgIpc) is 2.71. The van der Waals surface area contributed by atoms with Crippen LogP contribution in [0.1, 0.15) is 12.0 Å². The van der Waals surface area contributed by atoms with Crippen molar-refractivity contribution in [1.82, 2.24) is 0 Å². The van der Waals surface area contributed by atoms with Crippen LogP contribution in [-0.4, -0.2) is 23.5 Å². The van der Waals surface area contributed by atoms with Crippen molar-refractivity contribution in [2.75, 3.05) is 11.4 Å². The maximum absolute atomic E-state index is 13.1. The SMILES string of the molecule is N/C(CC(=O)N1CCc2ccc(F)cc21)=N/O. The van der Waals surface area contributed by atoms with Gasteiger partial charge in [0.1, 0.15) is 11.7 Å². The molecular formula is C11H12FN3O2. The highest BCUT2D eigenvalue weighted by Gasteiger charge is 2.25. The van der Waals surface area contributed by atoms with E-state index in [-0.39, 0.29) is 24.0 Å². The summed E-state index contributed by atoms with van der Waals surface area (Å²) in [5.41, 5.74) is 6.77. The number of hydrogen-bond donors (Lipinski definition) is 2. The number of oxime groups is 1. The van der Waals surface area contributed by atoms with E-state index < -0.39 is 0 Å². The first-order valence-electron chi connectivity index (χ1n) is 5.17. The summed E-state index contributed by atoms with van der Waals surface area (Å²) in [6.45, 7) is 0.496. The first kappa shape index (κ1) is 11.4. The van der Waals surface area contributed by atoms with Gasteiger partial charge in [-0.3, -0.25) is 4.79 Å². The van der Waals surface area contributed by atoms with Crippen LogP contribution in [-0.2, 0) is 11.2 Å². The lowest BCUT2D eigenvalue weighted by molar-refractivity contribution is -0.117. The van der Waals surface area contributed by atoms with Crippen molar-refractivity contribution in [2.45, 2.75) is 12.8 Å². The van der Waals surface area contributed by atoms with Crippen LogP contribution in [0.2, 0.25) is 0 Å². The minimum atomic E-state index is -0.382. The van der Waals surface area contributed by atoms with Gasteiger partial charge in [-0.1, -0.05) is 11.2 Å². The molecule has 0 bridgehead atoms. The Balaban J connectivity index is 2.21. The number of halogens is 1. The first-order valence-corrected chi connectivity index (χ1v) is 5.17. The largest absolute Gasteiger partial charge is 0.409 e. The molecule has 1 amide bonds. The molecule has 0 aliphatic carbocycles. The summed E-state index contributed by atoms with van der Waals surface area (Å²) in [5.74, 6) is -0.836. The summed E-state index contributed by atoms with van der Waals surface area (Å²) in [4.78, 5) is 13.3. The Bertz CT molecular complexity index is 488. The van der Waals surface area contributed by atoms with Crippen LogP contribution < -0.4 is 10.6 Å². The Morgan fingerprint density at radius 1 is 1.59 bits per heavy atom. The molecule has 1 heterocycles. The zero-order valence-corrected chi connectivity index (χ0v) is 9.06. The highest BCUT2D eigenvalue weighted by atomic mass is 19.1. The van der Waals surface area contributed by atoms with E-state index in [0.29, 0.717) is 18.7 Å². The van der Waals surface area contributed by atoms with Crippen molar-refractivity contribution in [3.05, 3.63) is 29.6 Å². The predicted molar refractivity (Wildman–Crippen MR) is 60.5 cm³/mol. The molecule has 0 spiro atoms. The van der Waals surface area contributed by atoms with E-state index in [0.717, 1.165) is 5.56 Å². The van der Waals surface area contributed by atoms with E-state index in [4.69, 9.17) is 10.9 Å². The molecule has 6 heteroatoms. The summed E-state index contributed by atoms with van der Waals surface area (Å²) in [7, 11) is 0. The fourth-order valence-corrected chi connectivity index (χ4v) is 1.90. The summed E-state index contributed by atoms with van der Waals surface area (Å²) in [6, 6.07) is 4.37. The molecule has 17 heavy (non-hydrogen) atoms. The molecule has 0 fully saturated rings. The second-order valence-corrected chi connectivity index (χ2v) is 3.84. The van der Waals surface area contributed by atoms with Crippen LogP contribution in [0, 0.1) is 5.82 Å². The molecule has 1 aromatic carbocycles. The second kappa shape index (κ2) is 4.40. The molecule has 0 saturated heterocycles. The number of carbonyl (C=O) groups excluding carboxylic acids is 1. The molecule has 2 rings (SSSR count). The van der Waals surface area contributed by atoms with Crippen LogP contribution in [0.4, 0.5) is 10.1 Å². The highest BCUT2D eigenvalue weighted by molar-refractivity contribution is 6.07. The average molecular weight is 237 g/mol. The van der Waals surface area contributed by atoms with Crippen molar-refractivity contribution < 1.29 is 14.4 Å². The van der Waals surface area contributed by atoms with Gasteiger partial charge >= 0.3 is 0 Å². The molecular weight excluding hydrogens is 225 g/mol. The van der Waals surface area contributed by atoms with Gasteiger partial charge in [-0.05, 0) is 24.1 Å². The predicted octanol–water partition coefficient (Wildman–Crippen LogP) is 0.851. The van der Waals surface area contributed by atoms with Crippen LogP contribution in [0.5, 0.6) is 0 Å². The van der Waals surface area contributed by atoms with Crippen molar-refractivity contribution in [3.63, 3.8) is 0 Å². The Labute approximate surface area is 97.3 Å². The molecule has 3 N–H and O–H groups in total. The van der Waals surface area contributed by atoms with Gasteiger partial charge in [0.15, 0.2) is 0 Å². The van der Waals surface area contributed by atoms with Crippen LogP contribution in [0.25, 0.3) is 0 Å². The highest BCUT2D eigenvalue weighted by Crippen LogP contribution is 2.29. The molecule has 1 aliphatic heterocycles. The maximum Gasteiger partial charge on any atom is 0.234 e. The number of amidine groups is 1. The number of amides is 1. The van der Waals surface area contributed by atoms with E-state index in [1.807, 2.05) is 0 Å². The molecule has 1 aromatic rings. The Morgan fingerprint density at radius 2 is 2.35 bits per heavy atom. The second-order valence-electron chi connectivity index (χ2n) is 3.84. The number of anilines is 1. The molecule has 0 saturated carbocycles. The van der Waals surface area contributed by atoms with Gasteiger partial charge < -0.3 is 15.8 Å². The summed E-state index contributed by atoms with van der Waals surface area (Å²) in [6.07, 6.45) is 0.518. The number of nitrogens with two attached hydrogens (primary N) is 1. The van der Waals surface area contributed by atoms with Gasteiger partial charge in [0.25, 0.3) is 0 Å². The normalized spacial score (nSPS) is 14.9. The van der Waals surface area contributed by atoms with Gasteiger partial charge in [-0.2, -0.15) is 0 Å². The molecule has 5 nitrogen and oxygen atoms in total. The fourth-order valence-electron chi connectivity index (χ4n) is 1.90. The Morgan fingerprint density at radius 3 is 3.06 bits per heavy atom. The van der Waals surface area contributed by atoms with Crippen molar-refractivity contribution in [2.24, 2.45) is 10.9 Å². The third-order valence-electron chi connectivity index (χ3n) is 2.70. The van der Waals surface area contributed by atoms with Crippen LogP contribution in [0.3, 0.4) is 0 Å². The third-order valence-corrected chi connectivity index (χ3v) is 2.70. The van der Waals surface area contributed by atoms with E-state index in [1.165, 1.54) is 17.0 Å². The summed E-state index contributed by atoms with van der Waals surface area (Å²) < 4.78 is 13.1.